The zero-order chi connectivity index (χ0) is 6.85. The number of hydrogen-bond donors (Lipinski definition) is 0. The van der Waals surface area contributed by atoms with Crippen molar-refractivity contribution in [2.75, 3.05) is 7.05 Å². The zero-order valence-corrected chi connectivity index (χ0v) is 5.07. The van der Waals surface area contributed by atoms with Gasteiger partial charge in [-0.2, -0.15) is 0 Å². The van der Waals surface area contributed by atoms with Crippen molar-refractivity contribution in [1.29, 1.82) is 0 Å². The van der Waals surface area contributed by atoms with Crippen LogP contribution in [0.3, 0.4) is 0 Å². The van der Waals surface area contributed by atoms with Gasteiger partial charge in [-0.15, -0.1) is 0 Å². The first kappa shape index (κ1) is 6.07. The van der Waals surface area contributed by atoms with Gasteiger partial charge in [0.1, 0.15) is 6.54 Å². The molecule has 1 aliphatic rings. The van der Waals surface area contributed by atoms with E-state index in [1.807, 2.05) is 0 Å². The van der Waals surface area contributed by atoms with Gasteiger partial charge in [-0.05, 0) is 4.92 Å². The second kappa shape index (κ2) is 2.05. The molecule has 1 radical (unpaired) electrons. The molecule has 4 nitrogen and oxygen atoms in total. The highest BCUT2D eigenvalue weighted by Crippen LogP contribution is 2.15. The zero-order valence-electron chi connectivity index (χ0n) is 5.07. The fraction of sp³-hybridized carbons (Fsp3) is 0.400. The second-order valence-corrected chi connectivity index (χ2v) is 1.85. The Balaban J connectivity index is 2.68. The van der Waals surface area contributed by atoms with Crippen LogP contribution >= 0.6 is 0 Å². The van der Waals surface area contributed by atoms with E-state index in [1.54, 1.807) is 19.7 Å². The maximum atomic E-state index is 10.1. The molecule has 9 heavy (non-hydrogen) atoms. The Morgan fingerprint density at radius 1 is 1.89 bits per heavy atom. The van der Waals surface area contributed by atoms with Crippen molar-refractivity contribution >= 4 is 0 Å². The molecule has 1 rings (SSSR count). The minimum absolute atomic E-state index is 0.176. The maximum Gasteiger partial charge on any atom is 0.314 e. The van der Waals surface area contributed by atoms with Crippen LogP contribution in [0.15, 0.2) is 11.9 Å². The van der Waals surface area contributed by atoms with Gasteiger partial charge in [0.2, 0.25) is 0 Å². The summed E-state index contributed by atoms with van der Waals surface area (Å²) in [6, 6.07) is 0. The summed E-state index contributed by atoms with van der Waals surface area (Å²) in [6.07, 6.45) is 2.26. The van der Waals surface area contributed by atoms with Gasteiger partial charge in [0, 0.05) is 12.5 Å². The molecule has 0 aliphatic carbocycles. The fourth-order valence-corrected chi connectivity index (χ4v) is 0.757. The van der Waals surface area contributed by atoms with Crippen molar-refractivity contribution in [3.63, 3.8) is 0 Å². The molecule has 0 N–H and O–H groups in total. The molecule has 49 valence electrons. The largest absolute Gasteiger partial charge is 0.358 e. The first-order valence-electron chi connectivity index (χ1n) is 2.62. The van der Waals surface area contributed by atoms with Crippen LogP contribution in [-0.2, 0) is 0 Å². The molecule has 4 heteroatoms. The van der Waals surface area contributed by atoms with E-state index in [1.165, 1.54) is 4.90 Å². The first-order valence-corrected chi connectivity index (χ1v) is 2.62. The highest BCUT2D eigenvalue weighted by atomic mass is 16.6. The third kappa shape index (κ3) is 1.01. The number of nitro groups is 1. The Bertz CT molecular complexity index is 164. The predicted octanol–water partition coefficient (Wildman–Crippen LogP) is 0.602. The normalized spacial score (nSPS) is 17.9. The Morgan fingerprint density at radius 3 is 2.78 bits per heavy atom. The highest BCUT2D eigenvalue weighted by molar-refractivity contribution is 5.03. The standard InChI is InChI=1S/C5H7N2O2/c1-6-4-2-3-5(6)7(8)9/h3-4H,2H2,1H3. The molecular formula is C5H7N2O2. The molecule has 0 saturated carbocycles. The SMILES string of the molecule is CN1[CH]CC=C1[N+](=O)[O-]. The summed E-state index contributed by atoms with van der Waals surface area (Å²) in [5, 5.41) is 10.1. The third-order valence-corrected chi connectivity index (χ3v) is 1.23. The number of hydrogen-bond acceptors (Lipinski definition) is 3. The Kier molecular flexibility index (Phi) is 1.38. The number of nitrogens with zero attached hydrogens (tertiary/aromatic N) is 2. The van der Waals surface area contributed by atoms with Gasteiger partial charge in [-0.25, -0.2) is 0 Å². The van der Waals surface area contributed by atoms with Crippen LogP contribution in [0.4, 0.5) is 0 Å². The van der Waals surface area contributed by atoms with Crippen LogP contribution in [0.5, 0.6) is 0 Å². The van der Waals surface area contributed by atoms with E-state index < -0.39 is 0 Å². The van der Waals surface area contributed by atoms with Crippen molar-refractivity contribution in [1.82, 2.24) is 4.90 Å². The lowest BCUT2D eigenvalue weighted by atomic mass is 10.5. The molecule has 1 aliphatic heterocycles. The van der Waals surface area contributed by atoms with Gasteiger partial charge in [-0.3, -0.25) is 4.90 Å². The summed E-state index contributed by atoms with van der Waals surface area (Å²) in [5.41, 5.74) is 0. The average Bonchev–Trinajstić information content (AvgIpc) is 2.13. The van der Waals surface area contributed by atoms with Crippen LogP contribution in [0, 0.1) is 16.7 Å². The predicted molar refractivity (Wildman–Crippen MR) is 31.8 cm³/mol. The Hall–Kier alpha value is -1.06. The van der Waals surface area contributed by atoms with Crippen molar-refractivity contribution < 1.29 is 4.92 Å². The quantitative estimate of drug-likeness (QED) is 0.382. The fourth-order valence-electron chi connectivity index (χ4n) is 0.757. The summed E-state index contributed by atoms with van der Waals surface area (Å²) in [7, 11) is 1.67. The van der Waals surface area contributed by atoms with E-state index in [-0.39, 0.29) is 10.7 Å². The summed E-state index contributed by atoms with van der Waals surface area (Å²) in [6.45, 7) is 1.76. The highest BCUT2D eigenvalue weighted by Gasteiger charge is 2.21. The van der Waals surface area contributed by atoms with Gasteiger partial charge in [0.25, 0.3) is 0 Å². The lowest BCUT2D eigenvalue weighted by Crippen LogP contribution is -2.15. The van der Waals surface area contributed by atoms with Gasteiger partial charge >= 0.3 is 5.82 Å². The molecule has 0 amide bonds. The van der Waals surface area contributed by atoms with Gasteiger partial charge in [0.15, 0.2) is 0 Å². The molecule has 0 bridgehead atoms. The molecular weight excluding hydrogens is 120 g/mol. The molecule has 0 aromatic carbocycles. The Labute approximate surface area is 52.9 Å². The van der Waals surface area contributed by atoms with Crippen LogP contribution in [0.1, 0.15) is 6.42 Å². The second-order valence-electron chi connectivity index (χ2n) is 1.85. The topological polar surface area (TPSA) is 46.4 Å². The molecule has 0 saturated heterocycles. The van der Waals surface area contributed by atoms with E-state index in [0.29, 0.717) is 6.42 Å². The van der Waals surface area contributed by atoms with E-state index in [2.05, 4.69) is 0 Å². The summed E-state index contributed by atoms with van der Waals surface area (Å²) >= 11 is 0. The van der Waals surface area contributed by atoms with Crippen molar-refractivity contribution in [2.24, 2.45) is 0 Å². The monoisotopic (exact) mass is 127 g/mol. The minimum Gasteiger partial charge on any atom is -0.358 e. The van der Waals surface area contributed by atoms with Gasteiger partial charge in [-0.1, -0.05) is 0 Å². The maximum absolute atomic E-state index is 10.1. The third-order valence-electron chi connectivity index (χ3n) is 1.23. The van der Waals surface area contributed by atoms with Crippen LogP contribution in [0.25, 0.3) is 0 Å². The lowest BCUT2D eigenvalue weighted by molar-refractivity contribution is -0.442. The van der Waals surface area contributed by atoms with E-state index in [0.717, 1.165) is 0 Å². The lowest BCUT2D eigenvalue weighted by Gasteiger charge is -2.04. The molecule has 0 spiro atoms. The minimum atomic E-state index is -0.385. The van der Waals surface area contributed by atoms with Crippen LogP contribution < -0.4 is 0 Å². The molecule has 0 unspecified atom stereocenters. The first-order chi connectivity index (χ1) is 4.22. The van der Waals surface area contributed by atoms with Crippen LogP contribution in [-0.4, -0.2) is 16.9 Å². The summed E-state index contributed by atoms with van der Waals surface area (Å²) in [4.78, 5) is 11.2. The molecule has 0 fully saturated rings. The summed E-state index contributed by atoms with van der Waals surface area (Å²) < 4.78 is 0. The van der Waals surface area contributed by atoms with Crippen molar-refractivity contribution in [3.05, 3.63) is 28.6 Å². The Morgan fingerprint density at radius 2 is 2.56 bits per heavy atom. The molecule has 0 aromatic rings. The van der Waals surface area contributed by atoms with E-state index >= 15 is 0 Å². The summed E-state index contributed by atoms with van der Waals surface area (Å²) in [5.74, 6) is 0.176. The smallest absolute Gasteiger partial charge is 0.314 e. The van der Waals surface area contributed by atoms with E-state index in [4.69, 9.17) is 0 Å². The molecule has 1 heterocycles. The average molecular weight is 127 g/mol. The number of rotatable bonds is 1. The van der Waals surface area contributed by atoms with Crippen molar-refractivity contribution in [3.8, 4) is 0 Å². The molecule has 0 atom stereocenters. The van der Waals surface area contributed by atoms with Gasteiger partial charge in [0.05, 0.1) is 7.05 Å². The molecule has 0 aromatic heterocycles. The van der Waals surface area contributed by atoms with Crippen molar-refractivity contribution in [2.45, 2.75) is 6.42 Å². The van der Waals surface area contributed by atoms with Gasteiger partial charge < -0.3 is 10.1 Å². The van der Waals surface area contributed by atoms with Crippen LogP contribution in [0.2, 0.25) is 0 Å². The van der Waals surface area contributed by atoms with E-state index in [9.17, 15) is 10.1 Å².